The first-order valence-corrected chi connectivity index (χ1v) is 7.76. The van der Waals surface area contributed by atoms with Gasteiger partial charge >= 0.3 is 0 Å². The standard InChI is InChI=1S/C14H20N2OS/c1-16-7-6-11(8-16)14-15-13(9-18-14)10-2-4-12(17)5-3-10/h9-11H,2-8H2,1H3. The molecule has 0 N–H and O–H groups in total. The highest BCUT2D eigenvalue weighted by Crippen LogP contribution is 2.35. The van der Waals surface area contributed by atoms with Gasteiger partial charge in [0.1, 0.15) is 5.78 Å². The molecule has 1 aromatic rings. The summed E-state index contributed by atoms with van der Waals surface area (Å²) < 4.78 is 0. The van der Waals surface area contributed by atoms with Crippen molar-refractivity contribution in [3.63, 3.8) is 0 Å². The van der Waals surface area contributed by atoms with Crippen LogP contribution in [-0.4, -0.2) is 35.8 Å². The summed E-state index contributed by atoms with van der Waals surface area (Å²) in [4.78, 5) is 18.5. The van der Waals surface area contributed by atoms with Gasteiger partial charge in [-0.1, -0.05) is 0 Å². The first-order chi connectivity index (χ1) is 8.72. The van der Waals surface area contributed by atoms with Crippen LogP contribution in [0.25, 0.3) is 0 Å². The lowest BCUT2D eigenvalue weighted by Crippen LogP contribution is -2.14. The number of carbonyl (C=O) groups excluding carboxylic acids is 1. The number of ketones is 1. The van der Waals surface area contributed by atoms with Crippen LogP contribution in [0, 0.1) is 0 Å². The Bertz CT molecular complexity index is 433. The molecule has 1 aliphatic heterocycles. The zero-order valence-electron chi connectivity index (χ0n) is 10.9. The molecule has 0 radical (unpaired) electrons. The Morgan fingerprint density at radius 3 is 2.72 bits per heavy atom. The number of likely N-dealkylation sites (N-methyl/N-ethyl adjacent to an activating group) is 1. The minimum absolute atomic E-state index is 0.430. The molecule has 0 spiro atoms. The minimum Gasteiger partial charge on any atom is -0.306 e. The number of nitrogens with zero attached hydrogens (tertiary/aromatic N) is 2. The van der Waals surface area contributed by atoms with Crippen molar-refractivity contribution in [2.45, 2.75) is 43.9 Å². The second kappa shape index (κ2) is 5.10. The molecule has 1 atom stereocenters. The van der Waals surface area contributed by atoms with Gasteiger partial charge < -0.3 is 4.90 Å². The zero-order chi connectivity index (χ0) is 12.5. The van der Waals surface area contributed by atoms with Crippen molar-refractivity contribution in [2.75, 3.05) is 20.1 Å². The van der Waals surface area contributed by atoms with Gasteiger partial charge in [-0.05, 0) is 32.9 Å². The maximum atomic E-state index is 11.3. The van der Waals surface area contributed by atoms with Crippen molar-refractivity contribution >= 4 is 17.1 Å². The highest BCUT2D eigenvalue weighted by atomic mass is 32.1. The number of hydrogen-bond donors (Lipinski definition) is 0. The van der Waals surface area contributed by atoms with E-state index in [4.69, 9.17) is 4.98 Å². The maximum Gasteiger partial charge on any atom is 0.132 e. The molecule has 0 aromatic carbocycles. The molecule has 4 heteroatoms. The van der Waals surface area contributed by atoms with E-state index < -0.39 is 0 Å². The fourth-order valence-electron chi connectivity index (χ4n) is 3.05. The largest absolute Gasteiger partial charge is 0.306 e. The van der Waals surface area contributed by atoms with Gasteiger partial charge in [-0.2, -0.15) is 0 Å². The monoisotopic (exact) mass is 264 g/mol. The summed E-state index contributed by atoms with van der Waals surface area (Å²) in [6.45, 7) is 2.34. The van der Waals surface area contributed by atoms with Gasteiger partial charge in [-0.3, -0.25) is 4.79 Å². The van der Waals surface area contributed by atoms with Gasteiger partial charge in [-0.15, -0.1) is 11.3 Å². The highest BCUT2D eigenvalue weighted by Gasteiger charge is 2.26. The molecular weight excluding hydrogens is 244 g/mol. The predicted octanol–water partition coefficient (Wildman–Crippen LogP) is 2.79. The van der Waals surface area contributed by atoms with E-state index in [1.807, 2.05) is 11.3 Å². The lowest BCUT2D eigenvalue weighted by Gasteiger charge is -2.18. The third kappa shape index (κ3) is 2.50. The quantitative estimate of drug-likeness (QED) is 0.823. The average molecular weight is 264 g/mol. The number of carbonyl (C=O) groups is 1. The van der Waals surface area contributed by atoms with E-state index in [0.29, 0.717) is 17.6 Å². The Morgan fingerprint density at radius 1 is 1.28 bits per heavy atom. The minimum atomic E-state index is 0.430. The van der Waals surface area contributed by atoms with E-state index >= 15 is 0 Å². The molecule has 2 fully saturated rings. The summed E-state index contributed by atoms with van der Waals surface area (Å²) in [5.41, 5.74) is 1.25. The molecule has 2 heterocycles. The molecule has 98 valence electrons. The molecule has 1 unspecified atom stereocenters. The SMILES string of the molecule is CN1CCC(c2nc(C3CCC(=O)CC3)cs2)C1. The van der Waals surface area contributed by atoms with Crippen molar-refractivity contribution in [3.05, 3.63) is 16.1 Å². The first-order valence-electron chi connectivity index (χ1n) is 6.88. The smallest absolute Gasteiger partial charge is 0.132 e. The van der Waals surface area contributed by atoms with E-state index in [0.717, 1.165) is 32.2 Å². The molecule has 0 amide bonds. The topological polar surface area (TPSA) is 33.2 Å². The van der Waals surface area contributed by atoms with E-state index in [9.17, 15) is 4.79 Å². The summed E-state index contributed by atoms with van der Waals surface area (Å²) in [5, 5.41) is 3.54. The molecule has 2 aliphatic rings. The molecule has 3 rings (SSSR count). The molecule has 0 bridgehead atoms. The zero-order valence-corrected chi connectivity index (χ0v) is 11.7. The summed E-state index contributed by atoms with van der Waals surface area (Å²) in [7, 11) is 2.18. The van der Waals surface area contributed by atoms with Gasteiger partial charge in [0.05, 0.1) is 10.7 Å². The van der Waals surface area contributed by atoms with Gasteiger partial charge in [0.25, 0.3) is 0 Å². The van der Waals surface area contributed by atoms with Crippen LogP contribution >= 0.6 is 11.3 Å². The molecular formula is C14H20N2OS. The first kappa shape index (κ1) is 12.3. The summed E-state index contributed by atoms with van der Waals surface area (Å²) in [5.74, 6) is 1.60. The maximum absolute atomic E-state index is 11.3. The van der Waals surface area contributed by atoms with Crippen LogP contribution in [0.2, 0.25) is 0 Å². The summed E-state index contributed by atoms with van der Waals surface area (Å²) >= 11 is 1.82. The highest BCUT2D eigenvalue weighted by molar-refractivity contribution is 7.09. The number of hydrogen-bond acceptors (Lipinski definition) is 4. The van der Waals surface area contributed by atoms with Crippen LogP contribution in [0.15, 0.2) is 5.38 Å². The van der Waals surface area contributed by atoms with Crippen molar-refractivity contribution in [2.24, 2.45) is 0 Å². The van der Waals surface area contributed by atoms with Crippen molar-refractivity contribution in [3.8, 4) is 0 Å². The Kier molecular flexibility index (Phi) is 3.48. The summed E-state index contributed by atoms with van der Waals surface area (Å²) in [6, 6.07) is 0. The molecule has 1 saturated carbocycles. The molecule has 18 heavy (non-hydrogen) atoms. The fraction of sp³-hybridized carbons (Fsp3) is 0.714. The van der Waals surface area contributed by atoms with Crippen LogP contribution in [-0.2, 0) is 4.79 Å². The van der Waals surface area contributed by atoms with Crippen molar-refractivity contribution in [1.29, 1.82) is 0 Å². The number of rotatable bonds is 2. The van der Waals surface area contributed by atoms with Gasteiger partial charge in [0.2, 0.25) is 0 Å². The lowest BCUT2D eigenvalue weighted by molar-refractivity contribution is -0.120. The van der Waals surface area contributed by atoms with E-state index in [1.54, 1.807) is 0 Å². The number of Topliss-reactive ketones (excluding diaryl/α,β-unsaturated/α-hetero) is 1. The van der Waals surface area contributed by atoms with E-state index in [1.165, 1.54) is 23.7 Å². The van der Waals surface area contributed by atoms with Crippen LogP contribution in [0.5, 0.6) is 0 Å². The average Bonchev–Trinajstić information content (AvgIpc) is 2.98. The lowest BCUT2D eigenvalue weighted by atomic mass is 9.87. The van der Waals surface area contributed by atoms with Crippen molar-refractivity contribution in [1.82, 2.24) is 9.88 Å². The molecule has 1 aliphatic carbocycles. The normalized spacial score (nSPS) is 26.9. The molecule has 1 aromatic heterocycles. The second-order valence-electron chi connectivity index (χ2n) is 5.67. The second-order valence-corrected chi connectivity index (χ2v) is 6.56. The number of thiazole rings is 1. The van der Waals surface area contributed by atoms with E-state index in [-0.39, 0.29) is 0 Å². The van der Waals surface area contributed by atoms with Crippen LogP contribution in [0.1, 0.15) is 54.6 Å². The van der Waals surface area contributed by atoms with Crippen LogP contribution < -0.4 is 0 Å². The molecule has 3 nitrogen and oxygen atoms in total. The Labute approximate surface area is 112 Å². The Morgan fingerprint density at radius 2 is 2.06 bits per heavy atom. The Balaban J connectivity index is 1.68. The fourth-order valence-corrected chi connectivity index (χ4v) is 4.08. The Hall–Kier alpha value is -0.740. The van der Waals surface area contributed by atoms with Crippen molar-refractivity contribution < 1.29 is 4.79 Å². The third-order valence-corrected chi connectivity index (χ3v) is 5.27. The number of likely N-dealkylation sites (tertiary alicyclic amines) is 1. The predicted molar refractivity (Wildman–Crippen MR) is 73.2 cm³/mol. The summed E-state index contributed by atoms with van der Waals surface area (Å²) in [6.07, 6.45) is 4.76. The van der Waals surface area contributed by atoms with Gasteiger partial charge in [-0.25, -0.2) is 4.98 Å². The third-order valence-electron chi connectivity index (χ3n) is 4.24. The number of aromatic nitrogens is 1. The molecule has 1 saturated heterocycles. The van der Waals surface area contributed by atoms with Gasteiger partial charge in [0.15, 0.2) is 0 Å². The van der Waals surface area contributed by atoms with E-state index in [2.05, 4.69) is 17.3 Å². The van der Waals surface area contributed by atoms with Crippen LogP contribution in [0.4, 0.5) is 0 Å². The van der Waals surface area contributed by atoms with Crippen LogP contribution in [0.3, 0.4) is 0 Å². The van der Waals surface area contributed by atoms with Gasteiger partial charge in [0, 0.05) is 36.6 Å².